The minimum absolute atomic E-state index is 0.0377. The number of hydrogen-bond acceptors (Lipinski definition) is 5. The SMILES string of the molecule is COc1cc(Br)c(C2SCC(=O)N2CCO)cc1OC. The quantitative estimate of drug-likeness (QED) is 0.869. The summed E-state index contributed by atoms with van der Waals surface area (Å²) in [5.74, 6) is 1.71. The van der Waals surface area contributed by atoms with Crippen molar-refractivity contribution in [1.82, 2.24) is 4.90 Å². The Morgan fingerprint density at radius 2 is 2.05 bits per heavy atom. The molecule has 0 aliphatic carbocycles. The van der Waals surface area contributed by atoms with Crippen LogP contribution in [0.3, 0.4) is 0 Å². The van der Waals surface area contributed by atoms with Gasteiger partial charge in [-0.05, 0) is 12.1 Å². The molecule has 1 unspecified atom stereocenters. The van der Waals surface area contributed by atoms with Crippen molar-refractivity contribution in [3.05, 3.63) is 22.2 Å². The summed E-state index contributed by atoms with van der Waals surface area (Å²) in [6, 6.07) is 3.69. The zero-order chi connectivity index (χ0) is 14.7. The second kappa shape index (κ2) is 6.69. The molecule has 1 aromatic rings. The van der Waals surface area contributed by atoms with E-state index in [0.717, 1.165) is 10.0 Å². The summed E-state index contributed by atoms with van der Waals surface area (Å²) in [6.07, 6.45) is 0. The van der Waals surface area contributed by atoms with Crippen LogP contribution in [0, 0.1) is 0 Å². The highest BCUT2D eigenvalue weighted by Crippen LogP contribution is 2.44. The number of β-amino-alcohol motifs (C(OH)–C–C–N with tert-alkyl or cyclic N) is 1. The summed E-state index contributed by atoms with van der Waals surface area (Å²) >= 11 is 5.05. The van der Waals surface area contributed by atoms with Crippen molar-refractivity contribution in [2.24, 2.45) is 0 Å². The Morgan fingerprint density at radius 3 is 2.65 bits per heavy atom. The van der Waals surface area contributed by atoms with E-state index in [4.69, 9.17) is 14.6 Å². The van der Waals surface area contributed by atoms with Crippen molar-refractivity contribution < 1.29 is 19.4 Å². The molecule has 0 spiro atoms. The number of aliphatic hydroxyl groups excluding tert-OH is 1. The lowest BCUT2D eigenvalue weighted by atomic mass is 10.1. The van der Waals surface area contributed by atoms with Crippen molar-refractivity contribution in [2.45, 2.75) is 5.37 Å². The summed E-state index contributed by atoms with van der Waals surface area (Å²) < 4.78 is 11.4. The van der Waals surface area contributed by atoms with E-state index in [9.17, 15) is 4.79 Å². The van der Waals surface area contributed by atoms with Crippen LogP contribution in [0.2, 0.25) is 0 Å². The molecule has 1 amide bonds. The van der Waals surface area contributed by atoms with E-state index in [1.54, 1.807) is 19.1 Å². The lowest BCUT2D eigenvalue weighted by Crippen LogP contribution is -2.31. The minimum Gasteiger partial charge on any atom is -0.493 e. The number of carbonyl (C=O) groups excluding carboxylic acids is 1. The predicted molar refractivity (Wildman–Crippen MR) is 81.2 cm³/mol. The lowest BCUT2D eigenvalue weighted by molar-refractivity contribution is -0.128. The van der Waals surface area contributed by atoms with Crippen molar-refractivity contribution in [3.63, 3.8) is 0 Å². The summed E-state index contributed by atoms with van der Waals surface area (Å²) in [5, 5.41) is 8.98. The molecule has 0 saturated carbocycles. The molecule has 0 radical (unpaired) electrons. The van der Waals surface area contributed by atoms with Crippen LogP contribution in [-0.2, 0) is 4.79 Å². The van der Waals surface area contributed by atoms with Gasteiger partial charge in [-0.15, -0.1) is 11.8 Å². The van der Waals surface area contributed by atoms with Gasteiger partial charge in [0.05, 0.1) is 26.6 Å². The molecule has 1 aliphatic heterocycles. The number of rotatable bonds is 5. The Bertz CT molecular complexity index is 511. The summed E-state index contributed by atoms with van der Waals surface area (Å²) in [7, 11) is 3.16. The fraction of sp³-hybridized carbons (Fsp3) is 0.462. The number of nitrogens with zero attached hydrogens (tertiary/aromatic N) is 1. The largest absolute Gasteiger partial charge is 0.493 e. The fourth-order valence-corrected chi connectivity index (χ4v) is 4.05. The molecule has 0 aromatic heterocycles. The van der Waals surface area contributed by atoms with Crippen LogP contribution >= 0.6 is 27.7 Å². The van der Waals surface area contributed by atoms with E-state index in [-0.39, 0.29) is 17.9 Å². The van der Waals surface area contributed by atoms with E-state index in [0.29, 0.717) is 23.8 Å². The van der Waals surface area contributed by atoms with E-state index in [2.05, 4.69) is 15.9 Å². The monoisotopic (exact) mass is 361 g/mol. The topological polar surface area (TPSA) is 59.0 Å². The van der Waals surface area contributed by atoms with Gasteiger partial charge in [0.2, 0.25) is 5.91 Å². The Hall–Kier alpha value is -0.920. The highest BCUT2D eigenvalue weighted by atomic mass is 79.9. The minimum atomic E-state index is -0.121. The van der Waals surface area contributed by atoms with Gasteiger partial charge >= 0.3 is 0 Å². The van der Waals surface area contributed by atoms with E-state index >= 15 is 0 Å². The molecule has 1 heterocycles. The standard InChI is InChI=1S/C13H16BrNO4S/c1-18-10-5-8(9(14)6-11(10)19-2)13-15(3-4-16)12(17)7-20-13/h5-6,13,16H,3-4,7H2,1-2H3. The van der Waals surface area contributed by atoms with Crippen LogP contribution in [0.1, 0.15) is 10.9 Å². The van der Waals surface area contributed by atoms with E-state index in [1.165, 1.54) is 11.8 Å². The van der Waals surface area contributed by atoms with Crippen LogP contribution in [0.25, 0.3) is 0 Å². The van der Waals surface area contributed by atoms with Crippen molar-refractivity contribution >= 4 is 33.6 Å². The summed E-state index contributed by atoms with van der Waals surface area (Å²) in [5.41, 5.74) is 0.937. The van der Waals surface area contributed by atoms with Gasteiger partial charge in [-0.1, -0.05) is 15.9 Å². The van der Waals surface area contributed by atoms with Gasteiger partial charge in [-0.2, -0.15) is 0 Å². The first-order valence-electron chi connectivity index (χ1n) is 6.05. The number of halogens is 1. The van der Waals surface area contributed by atoms with Crippen LogP contribution < -0.4 is 9.47 Å². The Kier molecular flexibility index (Phi) is 5.17. The zero-order valence-electron chi connectivity index (χ0n) is 11.3. The van der Waals surface area contributed by atoms with Crippen LogP contribution in [-0.4, -0.2) is 49.0 Å². The van der Waals surface area contributed by atoms with Gasteiger partial charge in [0.1, 0.15) is 5.37 Å². The van der Waals surface area contributed by atoms with Crippen LogP contribution in [0.4, 0.5) is 0 Å². The average Bonchev–Trinajstić information content (AvgIpc) is 2.80. The van der Waals surface area contributed by atoms with Crippen molar-refractivity contribution in [1.29, 1.82) is 0 Å². The number of hydrogen-bond donors (Lipinski definition) is 1. The maximum absolute atomic E-state index is 11.9. The molecule has 1 saturated heterocycles. The molecule has 0 bridgehead atoms. The van der Waals surface area contributed by atoms with Crippen LogP contribution in [0.5, 0.6) is 11.5 Å². The van der Waals surface area contributed by atoms with Gasteiger partial charge in [0, 0.05) is 16.6 Å². The normalized spacial score (nSPS) is 18.5. The molecular weight excluding hydrogens is 346 g/mol. The van der Waals surface area contributed by atoms with Crippen LogP contribution in [0.15, 0.2) is 16.6 Å². The van der Waals surface area contributed by atoms with Gasteiger partial charge in [-0.25, -0.2) is 0 Å². The Labute approximate surface area is 130 Å². The molecule has 1 aliphatic rings. The highest BCUT2D eigenvalue weighted by Gasteiger charge is 2.34. The van der Waals surface area contributed by atoms with E-state index in [1.807, 2.05) is 12.1 Å². The van der Waals surface area contributed by atoms with Gasteiger partial charge in [-0.3, -0.25) is 4.79 Å². The first-order chi connectivity index (χ1) is 9.62. The summed E-state index contributed by atoms with van der Waals surface area (Å²) in [4.78, 5) is 13.5. The molecule has 1 aromatic carbocycles. The second-order valence-corrected chi connectivity index (χ2v) is 6.13. The molecule has 1 atom stereocenters. The zero-order valence-corrected chi connectivity index (χ0v) is 13.7. The third-order valence-corrected chi connectivity index (χ3v) is 5.00. The third kappa shape index (κ3) is 2.89. The smallest absolute Gasteiger partial charge is 0.233 e. The first kappa shape index (κ1) is 15.5. The predicted octanol–water partition coefficient (Wildman–Crippen LogP) is 2.03. The molecule has 20 heavy (non-hydrogen) atoms. The van der Waals surface area contributed by atoms with Gasteiger partial charge in [0.15, 0.2) is 11.5 Å². The molecule has 2 rings (SSSR count). The first-order valence-corrected chi connectivity index (χ1v) is 7.90. The molecule has 7 heteroatoms. The molecule has 5 nitrogen and oxygen atoms in total. The molecule has 1 fully saturated rings. The maximum atomic E-state index is 11.9. The van der Waals surface area contributed by atoms with Gasteiger partial charge < -0.3 is 19.5 Å². The van der Waals surface area contributed by atoms with E-state index < -0.39 is 0 Å². The average molecular weight is 362 g/mol. The third-order valence-electron chi connectivity index (χ3n) is 3.08. The number of amides is 1. The second-order valence-electron chi connectivity index (χ2n) is 4.20. The lowest BCUT2D eigenvalue weighted by Gasteiger charge is -2.25. The number of aliphatic hydroxyl groups is 1. The fourth-order valence-electron chi connectivity index (χ4n) is 2.12. The number of carbonyl (C=O) groups is 1. The Balaban J connectivity index is 2.39. The number of methoxy groups -OCH3 is 2. The maximum Gasteiger partial charge on any atom is 0.233 e. The number of thioether (sulfide) groups is 1. The van der Waals surface area contributed by atoms with Crippen molar-refractivity contribution in [2.75, 3.05) is 33.1 Å². The van der Waals surface area contributed by atoms with Crippen molar-refractivity contribution in [3.8, 4) is 11.5 Å². The van der Waals surface area contributed by atoms with Gasteiger partial charge in [0.25, 0.3) is 0 Å². The molecule has 110 valence electrons. The highest BCUT2D eigenvalue weighted by molar-refractivity contribution is 9.10. The number of ether oxygens (including phenoxy) is 2. The molecular formula is C13H16BrNO4S. The Morgan fingerprint density at radius 1 is 1.40 bits per heavy atom. The number of benzene rings is 1. The summed E-state index contributed by atoms with van der Waals surface area (Å²) in [6.45, 7) is 0.283. The molecule has 1 N–H and O–H groups in total.